The van der Waals surface area contributed by atoms with E-state index in [1.807, 2.05) is 31.3 Å². The van der Waals surface area contributed by atoms with Crippen molar-refractivity contribution in [3.8, 4) is 5.75 Å². The van der Waals surface area contributed by atoms with Crippen LogP contribution in [0.25, 0.3) is 0 Å². The van der Waals surface area contributed by atoms with Gasteiger partial charge >= 0.3 is 0 Å². The number of nitrogens with one attached hydrogen (secondary N) is 1. The van der Waals surface area contributed by atoms with Crippen LogP contribution < -0.4 is 10.1 Å². The van der Waals surface area contributed by atoms with Crippen molar-refractivity contribution in [1.29, 1.82) is 0 Å². The third kappa shape index (κ3) is 3.15. The first-order valence-corrected chi connectivity index (χ1v) is 4.12. The normalized spacial score (nSPS) is 9.38. The highest BCUT2D eigenvalue weighted by Gasteiger charge is 1.95. The average molecular weight is 179 g/mol. The van der Waals surface area contributed by atoms with Gasteiger partial charge in [-0.05, 0) is 31.2 Å². The maximum atomic E-state index is 10.6. The molecule has 0 radical (unpaired) electrons. The first kappa shape index (κ1) is 9.58. The predicted molar refractivity (Wildman–Crippen MR) is 52.2 cm³/mol. The molecule has 13 heavy (non-hydrogen) atoms. The van der Waals surface area contributed by atoms with Crippen molar-refractivity contribution < 1.29 is 9.53 Å². The maximum absolute atomic E-state index is 10.6. The van der Waals surface area contributed by atoms with E-state index in [1.54, 1.807) is 0 Å². The maximum Gasteiger partial charge on any atom is 0.167 e. The zero-order valence-electron chi connectivity index (χ0n) is 7.83. The summed E-state index contributed by atoms with van der Waals surface area (Å²) in [5, 5.41) is 3.00. The molecule has 1 rings (SSSR count). The van der Waals surface area contributed by atoms with Gasteiger partial charge in [0.05, 0.1) is 0 Å². The quantitative estimate of drug-likeness (QED) is 0.764. The van der Waals surface area contributed by atoms with E-state index >= 15 is 0 Å². The molecule has 0 saturated heterocycles. The summed E-state index contributed by atoms with van der Waals surface area (Å²) >= 11 is 0. The molecule has 1 N–H and O–H groups in total. The monoisotopic (exact) mass is 179 g/mol. The number of benzene rings is 1. The SMILES string of the molecule is CNc1ccc(OCC(C)=O)cc1. The number of ketones is 1. The number of hydrogen-bond donors (Lipinski definition) is 1. The van der Waals surface area contributed by atoms with Crippen LogP contribution in [0.5, 0.6) is 5.75 Å². The molecule has 0 aliphatic heterocycles. The second kappa shape index (κ2) is 4.50. The van der Waals surface area contributed by atoms with Crippen molar-refractivity contribution in [2.45, 2.75) is 6.92 Å². The summed E-state index contributed by atoms with van der Waals surface area (Å²) in [5.41, 5.74) is 1.02. The third-order valence-electron chi connectivity index (χ3n) is 1.59. The molecule has 0 aliphatic rings. The lowest BCUT2D eigenvalue weighted by Gasteiger charge is -2.04. The van der Waals surface area contributed by atoms with Gasteiger partial charge < -0.3 is 10.1 Å². The molecule has 0 spiro atoms. The Morgan fingerprint density at radius 3 is 2.46 bits per heavy atom. The lowest BCUT2D eigenvalue weighted by molar-refractivity contribution is -0.118. The highest BCUT2D eigenvalue weighted by atomic mass is 16.5. The second-order valence-corrected chi connectivity index (χ2v) is 2.77. The van der Waals surface area contributed by atoms with Crippen LogP contribution in [0.1, 0.15) is 6.92 Å². The van der Waals surface area contributed by atoms with Crippen LogP contribution in [0.2, 0.25) is 0 Å². The molecular formula is C10H13NO2. The molecule has 0 aromatic heterocycles. The van der Waals surface area contributed by atoms with Crippen molar-refractivity contribution in [3.05, 3.63) is 24.3 Å². The lowest BCUT2D eigenvalue weighted by Crippen LogP contribution is -2.06. The smallest absolute Gasteiger partial charge is 0.167 e. The minimum absolute atomic E-state index is 0.0256. The first-order valence-electron chi connectivity index (χ1n) is 4.12. The number of anilines is 1. The molecule has 70 valence electrons. The summed E-state index contributed by atoms with van der Waals surface area (Å²) in [4.78, 5) is 10.6. The Bertz CT molecular complexity index is 279. The largest absolute Gasteiger partial charge is 0.486 e. The first-order chi connectivity index (χ1) is 6.22. The van der Waals surface area contributed by atoms with Crippen LogP contribution in [-0.4, -0.2) is 19.4 Å². The molecule has 0 atom stereocenters. The summed E-state index contributed by atoms with van der Waals surface area (Å²) in [6, 6.07) is 7.45. The Hall–Kier alpha value is -1.51. The minimum atomic E-state index is 0.0256. The Morgan fingerprint density at radius 2 is 2.00 bits per heavy atom. The topological polar surface area (TPSA) is 38.3 Å². The highest BCUT2D eigenvalue weighted by molar-refractivity contribution is 5.77. The fraction of sp³-hybridized carbons (Fsp3) is 0.300. The number of rotatable bonds is 4. The molecule has 0 unspecified atom stereocenters. The number of ether oxygens (including phenoxy) is 1. The zero-order chi connectivity index (χ0) is 9.68. The number of Topliss-reactive ketones (excluding diaryl/α,β-unsaturated/α-hetero) is 1. The summed E-state index contributed by atoms with van der Waals surface area (Å²) in [5.74, 6) is 0.742. The van der Waals surface area contributed by atoms with Crippen LogP contribution >= 0.6 is 0 Å². The van der Waals surface area contributed by atoms with Gasteiger partial charge in [0.15, 0.2) is 5.78 Å². The van der Waals surface area contributed by atoms with E-state index in [0.29, 0.717) is 5.75 Å². The Kier molecular flexibility index (Phi) is 3.31. The van der Waals surface area contributed by atoms with Gasteiger partial charge in [-0.25, -0.2) is 0 Å². The van der Waals surface area contributed by atoms with E-state index < -0.39 is 0 Å². The van der Waals surface area contributed by atoms with Gasteiger partial charge in [-0.15, -0.1) is 0 Å². The van der Waals surface area contributed by atoms with Gasteiger partial charge in [0.25, 0.3) is 0 Å². The molecule has 0 saturated carbocycles. The third-order valence-corrected chi connectivity index (χ3v) is 1.59. The van der Waals surface area contributed by atoms with E-state index in [0.717, 1.165) is 5.69 Å². The highest BCUT2D eigenvalue weighted by Crippen LogP contribution is 2.14. The Labute approximate surface area is 77.7 Å². The minimum Gasteiger partial charge on any atom is -0.486 e. The molecule has 1 aromatic rings. The van der Waals surface area contributed by atoms with Crippen molar-refractivity contribution in [3.63, 3.8) is 0 Å². The van der Waals surface area contributed by atoms with Gasteiger partial charge in [0, 0.05) is 12.7 Å². The van der Waals surface area contributed by atoms with Crippen LogP contribution in [0, 0.1) is 0 Å². The van der Waals surface area contributed by atoms with Gasteiger partial charge in [0.1, 0.15) is 12.4 Å². The van der Waals surface area contributed by atoms with Crippen LogP contribution in [0.3, 0.4) is 0 Å². The molecule has 3 nitrogen and oxygen atoms in total. The van der Waals surface area contributed by atoms with E-state index in [4.69, 9.17) is 4.74 Å². The number of carbonyl (C=O) groups is 1. The van der Waals surface area contributed by atoms with Crippen LogP contribution in [-0.2, 0) is 4.79 Å². The summed E-state index contributed by atoms with van der Waals surface area (Å²) in [7, 11) is 1.85. The summed E-state index contributed by atoms with van der Waals surface area (Å²) < 4.78 is 5.19. The van der Waals surface area contributed by atoms with E-state index in [-0.39, 0.29) is 12.4 Å². The lowest BCUT2D eigenvalue weighted by atomic mass is 10.3. The molecular weight excluding hydrogens is 166 g/mol. The summed E-state index contributed by atoms with van der Waals surface area (Å²) in [6.07, 6.45) is 0. The fourth-order valence-electron chi connectivity index (χ4n) is 0.903. The molecule has 0 aliphatic carbocycles. The van der Waals surface area contributed by atoms with Crippen LogP contribution in [0.4, 0.5) is 5.69 Å². The zero-order valence-corrected chi connectivity index (χ0v) is 7.83. The predicted octanol–water partition coefficient (Wildman–Crippen LogP) is 1.70. The standard InChI is InChI=1S/C10H13NO2/c1-8(12)7-13-10-5-3-9(11-2)4-6-10/h3-6,11H,7H2,1-2H3. The Morgan fingerprint density at radius 1 is 1.38 bits per heavy atom. The molecule has 1 aromatic carbocycles. The van der Waals surface area contributed by atoms with E-state index in [9.17, 15) is 4.79 Å². The number of hydrogen-bond acceptors (Lipinski definition) is 3. The molecule has 0 amide bonds. The molecule has 0 heterocycles. The summed E-state index contributed by atoms with van der Waals surface area (Å²) in [6.45, 7) is 1.64. The second-order valence-electron chi connectivity index (χ2n) is 2.77. The van der Waals surface area contributed by atoms with E-state index in [2.05, 4.69) is 5.32 Å². The van der Waals surface area contributed by atoms with Gasteiger partial charge in [-0.1, -0.05) is 0 Å². The van der Waals surface area contributed by atoms with Crippen molar-refractivity contribution in [2.24, 2.45) is 0 Å². The molecule has 3 heteroatoms. The van der Waals surface area contributed by atoms with Gasteiger partial charge in [-0.3, -0.25) is 4.79 Å². The average Bonchev–Trinajstić information content (AvgIpc) is 2.15. The number of carbonyl (C=O) groups excluding carboxylic acids is 1. The van der Waals surface area contributed by atoms with Crippen molar-refractivity contribution in [2.75, 3.05) is 19.0 Å². The molecule has 0 fully saturated rings. The van der Waals surface area contributed by atoms with Crippen molar-refractivity contribution >= 4 is 11.5 Å². The molecule has 0 bridgehead atoms. The van der Waals surface area contributed by atoms with Crippen molar-refractivity contribution in [1.82, 2.24) is 0 Å². The Balaban J connectivity index is 2.54. The van der Waals surface area contributed by atoms with Crippen LogP contribution in [0.15, 0.2) is 24.3 Å². The fourth-order valence-corrected chi connectivity index (χ4v) is 0.903. The van der Waals surface area contributed by atoms with Gasteiger partial charge in [-0.2, -0.15) is 0 Å². The van der Waals surface area contributed by atoms with Gasteiger partial charge in [0.2, 0.25) is 0 Å². The van der Waals surface area contributed by atoms with E-state index in [1.165, 1.54) is 6.92 Å².